The molecule has 0 saturated carbocycles. The molecule has 0 atom stereocenters. The van der Waals surface area contributed by atoms with E-state index in [0.29, 0.717) is 6.42 Å². The number of amides is 1. The molecule has 0 bridgehead atoms. The fraction of sp³-hybridized carbons (Fsp3) is 0.900. The van der Waals surface area contributed by atoms with Crippen molar-refractivity contribution < 1.29 is 10.0 Å². The summed E-state index contributed by atoms with van der Waals surface area (Å²) in [6.07, 6.45) is 8.33. The smallest absolute Gasteiger partial charge is 0.243 e. The molecule has 4 nitrogen and oxygen atoms in total. The summed E-state index contributed by atoms with van der Waals surface area (Å²) in [4.78, 5) is 10.6. The molecule has 84 valence electrons. The van der Waals surface area contributed by atoms with Crippen molar-refractivity contribution in [3.8, 4) is 0 Å². The highest BCUT2D eigenvalue weighted by molar-refractivity contribution is 5.74. The van der Waals surface area contributed by atoms with Gasteiger partial charge in [-0.2, -0.15) is 0 Å². The lowest BCUT2D eigenvalue weighted by Gasteiger charge is -2.00. The van der Waals surface area contributed by atoms with E-state index >= 15 is 0 Å². The maximum absolute atomic E-state index is 10.6. The Morgan fingerprint density at radius 1 is 1.00 bits per heavy atom. The predicted octanol–water partition coefficient (Wildman–Crippen LogP) is 1.57. The Balaban J connectivity index is 2.95. The second kappa shape index (κ2) is 10.5. The first-order valence-electron chi connectivity index (χ1n) is 5.44. The number of unbranched alkanes of at least 4 members (excludes halogenated alkanes) is 6. The van der Waals surface area contributed by atoms with Gasteiger partial charge in [0.25, 0.3) is 0 Å². The Kier molecular flexibility index (Phi) is 10.0. The monoisotopic (exact) mass is 202 g/mol. The average molecular weight is 202 g/mol. The quantitative estimate of drug-likeness (QED) is 0.302. The lowest BCUT2D eigenvalue weighted by Crippen LogP contribution is -2.17. The van der Waals surface area contributed by atoms with Gasteiger partial charge in [-0.15, -0.1) is 0 Å². The molecular formula is C10H22N2O2. The minimum Gasteiger partial charge on any atom is -0.330 e. The van der Waals surface area contributed by atoms with Crippen LogP contribution in [0.5, 0.6) is 0 Å². The zero-order valence-electron chi connectivity index (χ0n) is 8.80. The highest BCUT2D eigenvalue weighted by atomic mass is 16.5. The Morgan fingerprint density at radius 2 is 1.50 bits per heavy atom. The summed E-state index contributed by atoms with van der Waals surface area (Å²) < 4.78 is 0. The largest absolute Gasteiger partial charge is 0.330 e. The van der Waals surface area contributed by atoms with E-state index in [1.807, 2.05) is 0 Å². The Bertz CT molecular complexity index is 140. The molecule has 0 heterocycles. The van der Waals surface area contributed by atoms with Gasteiger partial charge >= 0.3 is 0 Å². The van der Waals surface area contributed by atoms with Crippen LogP contribution < -0.4 is 11.2 Å². The summed E-state index contributed by atoms with van der Waals surface area (Å²) in [6.45, 7) is 0.788. The maximum Gasteiger partial charge on any atom is 0.243 e. The van der Waals surface area contributed by atoms with Crippen LogP contribution in [0.4, 0.5) is 0 Å². The van der Waals surface area contributed by atoms with Crippen LogP contribution in [0.1, 0.15) is 51.4 Å². The van der Waals surface area contributed by atoms with E-state index in [9.17, 15) is 4.79 Å². The number of carbonyl (C=O) groups excluding carboxylic acids is 1. The summed E-state index contributed by atoms with van der Waals surface area (Å²) in [5.41, 5.74) is 7.00. The van der Waals surface area contributed by atoms with E-state index in [1.54, 1.807) is 5.48 Å². The molecule has 0 saturated heterocycles. The third-order valence-corrected chi connectivity index (χ3v) is 2.23. The van der Waals surface area contributed by atoms with Crippen molar-refractivity contribution in [2.45, 2.75) is 51.4 Å². The first-order valence-corrected chi connectivity index (χ1v) is 5.44. The topological polar surface area (TPSA) is 75.4 Å². The molecule has 4 heteroatoms. The Labute approximate surface area is 85.8 Å². The maximum atomic E-state index is 10.6. The van der Waals surface area contributed by atoms with Crippen molar-refractivity contribution in [3.63, 3.8) is 0 Å². The van der Waals surface area contributed by atoms with Crippen LogP contribution in [0, 0.1) is 0 Å². The summed E-state index contributed by atoms with van der Waals surface area (Å²) >= 11 is 0. The minimum atomic E-state index is -0.284. The van der Waals surface area contributed by atoms with E-state index < -0.39 is 0 Å². The number of nitrogens with two attached hydrogens (primary N) is 1. The lowest BCUT2D eigenvalue weighted by atomic mass is 10.1. The first-order chi connectivity index (χ1) is 6.81. The standard InChI is InChI=1S/C10H22N2O2/c11-9-7-5-3-1-2-4-6-8-10(13)12-14/h14H,1-9,11H2,(H,12,13). The summed E-state index contributed by atoms with van der Waals surface area (Å²) in [6, 6.07) is 0. The van der Waals surface area contributed by atoms with Crippen molar-refractivity contribution in [1.29, 1.82) is 0 Å². The van der Waals surface area contributed by atoms with Crippen LogP contribution >= 0.6 is 0 Å². The van der Waals surface area contributed by atoms with E-state index in [0.717, 1.165) is 25.8 Å². The molecular weight excluding hydrogens is 180 g/mol. The highest BCUT2D eigenvalue weighted by Gasteiger charge is 1.97. The van der Waals surface area contributed by atoms with Gasteiger partial charge in [-0.3, -0.25) is 10.0 Å². The molecule has 14 heavy (non-hydrogen) atoms. The van der Waals surface area contributed by atoms with Gasteiger partial charge in [-0.1, -0.05) is 32.1 Å². The van der Waals surface area contributed by atoms with Crippen LogP contribution in [0.15, 0.2) is 0 Å². The number of hydroxylamine groups is 1. The fourth-order valence-corrected chi connectivity index (χ4v) is 1.37. The third kappa shape index (κ3) is 9.48. The normalized spacial score (nSPS) is 10.1. The zero-order chi connectivity index (χ0) is 10.6. The van der Waals surface area contributed by atoms with Crippen LogP contribution in [0.3, 0.4) is 0 Å². The minimum absolute atomic E-state index is 0.284. The van der Waals surface area contributed by atoms with Gasteiger partial charge in [0.1, 0.15) is 0 Å². The number of carbonyl (C=O) groups is 1. The van der Waals surface area contributed by atoms with E-state index in [1.165, 1.54) is 25.7 Å². The van der Waals surface area contributed by atoms with Gasteiger partial charge < -0.3 is 5.73 Å². The number of nitrogens with one attached hydrogen (secondary N) is 1. The molecule has 0 rings (SSSR count). The Hall–Kier alpha value is -0.610. The molecule has 0 aromatic rings. The lowest BCUT2D eigenvalue weighted by molar-refractivity contribution is -0.129. The fourth-order valence-electron chi connectivity index (χ4n) is 1.37. The SMILES string of the molecule is NCCCCCCCCCC(=O)NO. The molecule has 0 aliphatic rings. The molecule has 0 aromatic heterocycles. The van der Waals surface area contributed by atoms with E-state index in [4.69, 9.17) is 10.9 Å². The third-order valence-electron chi connectivity index (χ3n) is 2.23. The molecule has 4 N–H and O–H groups in total. The van der Waals surface area contributed by atoms with Gasteiger partial charge in [0.15, 0.2) is 0 Å². The number of hydrogen-bond acceptors (Lipinski definition) is 3. The molecule has 0 aliphatic carbocycles. The first kappa shape index (κ1) is 13.4. The van der Waals surface area contributed by atoms with Crippen LogP contribution in [-0.4, -0.2) is 17.7 Å². The molecule has 0 aliphatic heterocycles. The second-order valence-electron chi connectivity index (χ2n) is 3.55. The zero-order valence-corrected chi connectivity index (χ0v) is 8.80. The average Bonchev–Trinajstić information content (AvgIpc) is 2.21. The molecule has 0 fully saturated rings. The summed E-state index contributed by atoms with van der Waals surface area (Å²) in [7, 11) is 0. The molecule has 0 unspecified atom stereocenters. The van der Waals surface area contributed by atoms with Crippen molar-refractivity contribution in [2.75, 3.05) is 6.54 Å². The second-order valence-corrected chi connectivity index (χ2v) is 3.55. The van der Waals surface area contributed by atoms with Crippen molar-refractivity contribution in [2.24, 2.45) is 5.73 Å². The van der Waals surface area contributed by atoms with Crippen LogP contribution in [-0.2, 0) is 4.79 Å². The summed E-state index contributed by atoms with van der Waals surface area (Å²) in [5, 5.41) is 8.22. The number of hydrogen-bond donors (Lipinski definition) is 3. The Morgan fingerprint density at radius 3 is 2.00 bits per heavy atom. The van der Waals surface area contributed by atoms with Gasteiger partial charge in [-0.05, 0) is 19.4 Å². The molecule has 1 amide bonds. The van der Waals surface area contributed by atoms with Gasteiger partial charge in [-0.25, -0.2) is 5.48 Å². The summed E-state index contributed by atoms with van der Waals surface area (Å²) in [5.74, 6) is -0.284. The molecule has 0 radical (unpaired) electrons. The number of rotatable bonds is 9. The van der Waals surface area contributed by atoms with Gasteiger partial charge in [0.05, 0.1) is 0 Å². The molecule has 0 aromatic carbocycles. The molecule has 0 spiro atoms. The van der Waals surface area contributed by atoms with Crippen LogP contribution in [0.2, 0.25) is 0 Å². The van der Waals surface area contributed by atoms with Gasteiger partial charge in [0, 0.05) is 6.42 Å². The van der Waals surface area contributed by atoms with E-state index in [-0.39, 0.29) is 5.91 Å². The van der Waals surface area contributed by atoms with Crippen molar-refractivity contribution in [1.82, 2.24) is 5.48 Å². The van der Waals surface area contributed by atoms with Crippen molar-refractivity contribution in [3.05, 3.63) is 0 Å². The van der Waals surface area contributed by atoms with E-state index in [2.05, 4.69) is 0 Å². The van der Waals surface area contributed by atoms with Crippen LogP contribution in [0.25, 0.3) is 0 Å². The predicted molar refractivity (Wildman–Crippen MR) is 55.9 cm³/mol. The van der Waals surface area contributed by atoms with Gasteiger partial charge in [0.2, 0.25) is 5.91 Å². The highest BCUT2D eigenvalue weighted by Crippen LogP contribution is 2.07. The van der Waals surface area contributed by atoms with Crippen molar-refractivity contribution >= 4 is 5.91 Å².